The lowest BCUT2D eigenvalue weighted by molar-refractivity contribution is -0.137. The molecule has 1 amide bonds. The number of hydrogen-bond acceptors (Lipinski definition) is 7. The van der Waals surface area contributed by atoms with Gasteiger partial charge < -0.3 is 14.7 Å². The lowest BCUT2D eigenvalue weighted by atomic mass is 10.0. The van der Waals surface area contributed by atoms with Crippen molar-refractivity contribution >= 4 is 28.8 Å². The van der Waals surface area contributed by atoms with E-state index >= 15 is 0 Å². The predicted octanol–water partition coefficient (Wildman–Crippen LogP) is 1.24. The Morgan fingerprint density at radius 2 is 1.97 bits per heavy atom. The molecule has 1 aliphatic rings. The Hall–Kier alpha value is -3.79. The molecule has 4 rings (SSSR count). The zero-order valence-electron chi connectivity index (χ0n) is 18.6. The molecule has 0 aliphatic carbocycles. The molecule has 0 fully saturated rings. The number of benzene rings is 2. The number of nitrogens with zero attached hydrogens (tertiary/aromatic N) is 3. The van der Waals surface area contributed by atoms with Gasteiger partial charge in [0.05, 0.1) is 11.4 Å². The number of carboxylic acids is 1. The smallest absolute Gasteiger partial charge is 0.323 e. The molecule has 1 atom stereocenters. The molecule has 2 heterocycles. The molecule has 1 aliphatic heterocycles. The standard InChI is InChI=1S/C24H24N4O5S/c1-15-12-17(19-4-2-3-5-20(19)25-15)14-33-18-8-6-16(7-9-18)23(31)28(13-22(29)30)11-10-21-26-27-24(32)34-21/h2-9,15H,10-14H2,1H3,(H,27,32)(H,29,30). The number of nitrogens with one attached hydrogen (secondary N) is 1. The number of rotatable bonds is 9. The van der Waals surface area contributed by atoms with Crippen LogP contribution in [0.3, 0.4) is 0 Å². The molecule has 176 valence electrons. The summed E-state index contributed by atoms with van der Waals surface area (Å²) in [5.74, 6) is -0.917. The summed E-state index contributed by atoms with van der Waals surface area (Å²) in [5.41, 5.74) is 1.53. The number of carbonyl (C=O) groups excluding carboxylic acids is 1. The van der Waals surface area contributed by atoms with E-state index < -0.39 is 18.4 Å². The van der Waals surface area contributed by atoms with Crippen molar-refractivity contribution in [2.24, 2.45) is 4.99 Å². The topological polar surface area (TPSA) is 125 Å². The molecular formula is C24H24N4O5S. The Bertz CT molecular complexity index is 1360. The highest BCUT2D eigenvalue weighted by Gasteiger charge is 2.19. The van der Waals surface area contributed by atoms with Gasteiger partial charge in [-0.3, -0.25) is 19.4 Å². The minimum atomic E-state index is -1.12. The number of aromatic amines is 1. The zero-order valence-corrected chi connectivity index (χ0v) is 19.4. The van der Waals surface area contributed by atoms with Crippen LogP contribution in [0.2, 0.25) is 0 Å². The molecule has 10 heteroatoms. The van der Waals surface area contributed by atoms with Crippen LogP contribution in [0.4, 0.5) is 0 Å². The van der Waals surface area contributed by atoms with E-state index in [9.17, 15) is 19.5 Å². The average Bonchev–Trinajstić information content (AvgIpc) is 3.24. The monoisotopic (exact) mass is 480 g/mol. The van der Waals surface area contributed by atoms with Crippen molar-refractivity contribution in [2.75, 3.05) is 19.7 Å². The summed E-state index contributed by atoms with van der Waals surface area (Å²) in [4.78, 5) is 41.0. The van der Waals surface area contributed by atoms with Crippen molar-refractivity contribution in [3.63, 3.8) is 0 Å². The first-order chi connectivity index (χ1) is 16.4. The third-order valence-electron chi connectivity index (χ3n) is 5.39. The molecule has 0 saturated heterocycles. The average molecular weight is 481 g/mol. The largest absolute Gasteiger partial charge is 0.489 e. The maximum Gasteiger partial charge on any atom is 0.323 e. The van der Waals surface area contributed by atoms with Crippen LogP contribution in [-0.2, 0) is 11.2 Å². The van der Waals surface area contributed by atoms with E-state index in [1.165, 1.54) is 10.5 Å². The summed E-state index contributed by atoms with van der Waals surface area (Å²) in [5, 5.41) is 18.0. The van der Waals surface area contributed by atoms with Crippen LogP contribution >= 0.6 is 11.3 Å². The Balaban J connectivity index is 1.43. The first-order valence-corrected chi connectivity index (χ1v) is 11.6. The van der Waals surface area contributed by atoms with Crippen molar-refractivity contribution in [3.05, 3.63) is 79.3 Å². The van der Waals surface area contributed by atoms with Crippen LogP contribution in [0.15, 0.2) is 58.3 Å². The normalized spacial score (nSPS) is 14.7. The Morgan fingerprint density at radius 3 is 2.68 bits per heavy atom. The second-order valence-electron chi connectivity index (χ2n) is 7.99. The third-order valence-corrected chi connectivity index (χ3v) is 6.20. The van der Waals surface area contributed by atoms with Crippen LogP contribution < -0.4 is 20.2 Å². The highest BCUT2D eigenvalue weighted by molar-refractivity contribution is 7.08. The molecule has 1 unspecified atom stereocenters. The maximum atomic E-state index is 12.9. The lowest BCUT2D eigenvalue weighted by Crippen LogP contribution is -2.37. The van der Waals surface area contributed by atoms with E-state index in [1.807, 2.05) is 24.3 Å². The minimum Gasteiger partial charge on any atom is -0.489 e. The molecule has 3 aromatic rings. The van der Waals surface area contributed by atoms with E-state index in [2.05, 4.69) is 22.1 Å². The van der Waals surface area contributed by atoms with E-state index in [1.54, 1.807) is 24.3 Å². The number of fused-ring (bicyclic) bond motifs is 1. The summed E-state index contributed by atoms with van der Waals surface area (Å²) >= 11 is 0.939. The number of carboxylic acid groups (broad SMARTS) is 1. The fourth-order valence-corrected chi connectivity index (χ4v) is 4.42. The van der Waals surface area contributed by atoms with E-state index in [0.29, 0.717) is 22.9 Å². The van der Waals surface area contributed by atoms with Crippen LogP contribution in [-0.4, -0.2) is 57.8 Å². The summed E-state index contributed by atoms with van der Waals surface area (Å²) in [6, 6.07) is 14.8. The lowest BCUT2D eigenvalue weighted by Gasteiger charge is -2.20. The van der Waals surface area contributed by atoms with Crippen molar-refractivity contribution in [1.29, 1.82) is 0 Å². The SMILES string of the molecule is CC1CC(COc2ccc(C(=O)N(CCc3n[nH]c(=O)s3)CC(=O)O)cc2)=c2ccccc2=N1. The van der Waals surface area contributed by atoms with Gasteiger partial charge >= 0.3 is 10.8 Å². The number of carbonyl (C=O) groups is 2. The number of para-hydroxylation sites is 1. The van der Waals surface area contributed by atoms with Crippen molar-refractivity contribution in [2.45, 2.75) is 25.8 Å². The molecule has 0 spiro atoms. The zero-order chi connectivity index (χ0) is 24.1. The van der Waals surface area contributed by atoms with E-state index in [-0.39, 0.29) is 23.9 Å². The van der Waals surface area contributed by atoms with Gasteiger partial charge in [0.1, 0.15) is 23.9 Å². The van der Waals surface area contributed by atoms with Crippen LogP contribution in [0.1, 0.15) is 28.7 Å². The second-order valence-corrected chi connectivity index (χ2v) is 9.04. The van der Waals surface area contributed by atoms with Crippen LogP contribution in [0.5, 0.6) is 5.75 Å². The molecule has 1 aromatic heterocycles. The fourth-order valence-electron chi connectivity index (χ4n) is 3.83. The van der Waals surface area contributed by atoms with Gasteiger partial charge in [-0.25, -0.2) is 5.10 Å². The number of aromatic nitrogens is 2. The number of hydrogen-bond donors (Lipinski definition) is 2. The molecule has 2 aromatic carbocycles. The Kier molecular flexibility index (Phi) is 7.17. The highest BCUT2D eigenvalue weighted by Crippen LogP contribution is 2.17. The van der Waals surface area contributed by atoms with E-state index in [4.69, 9.17) is 4.74 Å². The molecular weight excluding hydrogens is 456 g/mol. The molecule has 34 heavy (non-hydrogen) atoms. The Labute approximate surface area is 199 Å². The van der Waals surface area contributed by atoms with Crippen molar-refractivity contribution in [3.8, 4) is 5.75 Å². The van der Waals surface area contributed by atoms with Gasteiger partial charge in [-0.1, -0.05) is 29.5 Å². The number of amides is 1. The van der Waals surface area contributed by atoms with Gasteiger partial charge in [-0.05, 0) is 49.2 Å². The number of ether oxygens (including phenoxy) is 1. The highest BCUT2D eigenvalue weighted by atomic mass is 32.1. The summed E-state index contributed by atoms with van der Waals surface area (Å²) in [7, 11) is 0. The number of aliphatic carboxylic acids is 1. The van der Waals surface area contributed by atoms with Gasteiger partial charge in [0.2, 0.25) is 0 Å². The van der Waals surface area contributed by atoms with Crippen LogP contribution in [0.25, 0.3) is 5.57 Å². The van der Waals surface area contributed by atoms with E-state index in [0.717, 1.165) is 28.3 Å². The summed E-state index contributed by atoms with van der Waals surface area (Å²) in [6.45, 7) is 2.18. The number of H-pyrrole nitrogens is 1. The first kappa shape index (κ1) is 23.4. The molecule has 0 bridgehead atoms. The quantitative estimate of drug-likeness (QED) is 0.475. The van der Waals surface area contributed by atoms with Gasteiger partial charge in [0, 0.05) is 23.7 Å². The molecule has 2 N–H and O–H groups in total. The summed E-state index contributed by atoms with van der Waals surface area (Å²) in [6.07, 6.45) is 1.11. The Morgan fingerprint density at radius 1 is 1.21 bits per heavy atom. The fraction of sp³-hybridized carbons (Fsp3) is 0.292. The van der Waals surface area contributed by atoms with Crippen molar-refractivity contribution in [1.82, 2.24) is 15.1 Å². The second kappa shape index (κ2) is 10.4. The van der Waals surface area contributed by atoms with Gasteiger partial charge in [0.15, 0.2) is 0 Å². The molecule has 9 nitrogen and oxygen atoms in total. The summed E-state index contributed by atoms with van der Waals surface area (Å²) < 4.78 is 5.98. The molecule has 0 radical (unpaired) electrons. The third kappa shape index (κ3) is 5.76. The van der Waals surface area contributed by atoms with Crippen molar-refractivity contribution < 1.29 is 19.4 Å². The first-order valence-electron chi connectivity index (χ1n) is 10.8. The predicted molar refractivity (Wildman–Crippen MR) is 127 cm³/mol. The van der Waals surface area contributed by atoms with Gasteiger partial charge in [0.25, 0.3) is 5.91 Å². The molecule has 0 saturated carbocycles. The maximum absolute atomic E-state index is 12.9. The van der Waals surface area contributed by atoms with Crippen LogP contribution in [0, 0.1) is 0 Å². The van der Waals surface area contributed by atoms with Gasteiger partial charge in [-0.2, -0.15) is 5.10 Å². The van der Waals surface area contributed by atoms with Gasteiger partial charge in [-0.15, -0.1) is 0 Å². The minimum absolute atomic E-state index is 0.130.